The van der Waals surface area contributed by atoms with Crippen LogP contribution in [0.3, 0.4) is 0 Å². The van der Waals surface area contributed by atoms with E-state index in [4.69, 9.17) is 9.47 Å². The molecule has 3 aromatic heterocycles. The maximum atomic E-state index is 12.8. The minimum atomic E-state index is 0. The van der Waals surface area contributed by atoms with E-state index in [0.29, 0.717) is 34.7 Å². The zero-order valence-electron chi connectivity index (χ0n) is 20.2. The third-order valence-corrected chi connectivity index (χ3v) is 7.18. The van der Waals surface area contributed by atoms with Gasteiger partial charge in [0.1, 0.15) is 29.5 Å². The fourth-order valence-electron chi connectivity index (χ4n) is 4.81. The number of ether oxygens (including phenoxy) is 2. The van der Waals surface area contributed by atoms with E-state index in [1.54, 1.807) is 7.11 Å². The van der Waals surface area contributed by atoms with E-state index >= 15 is 0 Å². The number of pyridine rings is 1. The molecule has 35 heavy (non-hydrogen) atoms. The Bertz CT molecular complexity index is 1240. The Kier molecular flexibility index (Phi) is 5.77. The molecule has 4 heterocycles. The van der Waals surface area contributed by atoms with Gasteiger partial charge in [0, 0.05) is 58.6 Å². The summed E-state index contributed by atoms with van der Waals surface area (Å²) in [4.78, 5) is 34.2. The highest BCUT2D eigenvalue weighted by molar-refractivity contribution is 5.99. The molecule has 10 heteroatoms. The number of anilines is 1. The lowest BCUT2D eigenvalue weighted by Crippen LogP contribution is -2.45. The number of piperazine rings is 1. The highest BCUT2D eigenvalue weighted by Gasteiger charge is 2.44. The number of hydrogen-bond acceptors (Lipinski definition) is 8. The summed E-state index contributed by atoms with van der Waals surface area (Å²) >= 11 is 0. The molecule has 0 unspecified atom stereocenters. The van der Waals surface area contributed by atoms with Gasteiger partial charge in [0.05, 0.1) is 7.11 Å². The number of methoxy groups -OCH3 is 1. The topological polar surface area (TPSA) is 108 Å². The number of H-pyrrole nitrogens is 1. The van der Waals surface area contributed by atoms with Gasteiger partial charge in [-0.1, -0.05) is 0 Å². The Balaban J connectivity index is 0.00000160. The smallest absolute Gasteiger partial charge is 0.228 e. The van der Waals surface area contributed by atoms with Crippen LogP contribution in [0.2, 0.25) is 0 Å². The van der Waals surface area contributed by atoms with Crippen LogP contribution in [0.5, 0.6) is 11.8 Å². The van der Waals surface area contributed by atoms with Crippen molar-refractivity contribution in [1.82, 2.24) is 29.7 Å². The average molecular weight is 482 g/mol. The van der Waals surface area contributed by atoms with E-state index in [0.717, 1.165) is 62.9 Å². The van der Waals surface area contributed by atoms with Crippen molar-refractivity contribution in [3.05, 3.63) is 24.7 Å². The third-order valence-electron chi connectivity index (χ3n) is 7.18. The van der Waals surface area contributed by atoms with Crippen LogP contribution in [0.1, 0.15) is 22.1 Å². The number of fused-ring (bicyclic) bond motifs is 1. The number of nitrogens with zero attached hydrogens (tertiary/aromatic N) is 5. The highest BCUT2D eigenvalue weighted by Crippen LogP contribution is 2.42. The second-order valence-corrected chi connectivity index (χ2v) is 9.87. The summed E-state index contributed by atoms with van der Waals surface area (Å²) in [6.45, 7) is 5.37. The van der Waals surface area contributed by atoms with Gasteiger partial charge >= 0.3 is 0 Å². The predicted octanol–water partition coefficient (Wildman–Crippen LogP) is 2.88. The predicted molar refractivity (Wildman–Crippen MR) is 136 cm³/mol. The largest absolute Gasteiger partial charge is 0.480 e. The monoisotopic (exact) mass is 481 g/mol. The number of aromatic nitrogens is 4. The first-order chi connectivity index (χ1) is 17.1. The van der Waals surface area contributed by atoms with Gasteiger partial charge < -0.3 is 29.6 Å². The van der Waals surface area contributed by atoms with Gasteiger partial charge in [0.15, 0.2) is 0 Å². The van der Waals surface area contributed by atoms with Gasteiger partial charge in [-0.05, 0) is 44.4 Å². The normalized spacial score (nSPS) is 22.8. The molecule has 6 rings (SSSR count). The summed E-state index contributed by atoms with van der Waals surface area (Å²) in [5.41, 5.74) is 2.23. The van der Waals surface area contributed by atoms with Gasteiger partial charge in [-0.3, -0.25) is 4.79 Å². The van der Waals surface area contributed by atoms with Crippen molar-refractivity contribution in [2.45, 2.75) is 25.4 Å². The van der Waals surface area contributed by atoms with Crippen LogP contribution in [0, 0.1) is 11.8 Å². The van der Waals surface area contributed by atoms with Crippen molar-refractivity contribution < 1.29 is 17.1 Å². The van der Waals surface area contributed by atoms with Crippen molar-refractivity contribution in [3.63, 3.8) is 0 Å². The summed E-state index contributed by atoms with van der Waals surface area (Å²) in [6, 6.07) is 3.79. The van der Waals surface area contributed by atoms with Crippen LogP contribution in [-0.4, -0.2) is 88.6 Å². The molecule has 188 valence electrons. The standard InChI is InChI=1S/C25H31N7O3.2H2/c1-31-7-9-32(10-8-31)13-15-11-18(15)23(33)30-20-6-5-17-19(12-26-22(17)29-20)21-24(34-2)27-14-28-25(21)35-16-3-4-16;;/h5-6,12,14-16,18H,3-4,7-11,13H2,1-2H3,(H2,26,29,30,33);2*1H/t15-,18+;;/m1../s1. The van der Waals surface area contributed by atoms with E-state index in [2.05, 4.69) is 42.1 Å². The molecule has 2 aliphatic carbocycles. The zero-order chi connectivity index (χ0) is 23.9. The Morgan fingerprint density at radius 3 is 2.77 bits per heavy atom. The van der Waals surface area contributed by atoms with Crippen LogP contribution in [0.4, 0.5) is 5.82 Å². The molecule has 3 aromatic rings. The lowest BCUT2D eigenvalue weighted by atomic mass is 10.1. The van der Waals surface area contributed by atoms with Crippen LogP contribution in [0.15, 0.2) is 24.7 Å². The Morgan fingerprint density at radius 2 is 2.00 bits per heavy atom. The van der Waals surface area contributed by atoms with Gasteiger partial charge in [0.2, 0.25) is 17.7 Å². The minimum Gasteiger partial charge on any atom is -0.480 e. The molecule has 3 aliphatic rings. The van der Waals surface area contributed by atoms with Crippen LogP contribution in [0.25, 0.3) is 22.2 Å². The number of amides is 1. The van der Waals surface area contributed by atoms with Crippen LogP contribution >= 0.6 is 0 Å². The first-order valence-corrected chi connectivity index (χ1v) is 12.3. The summed E-state index contributed by atoms with van der Waals surface area (Å²) in [7, 11) is 3.75. The van der Waals surface area contributed by atoms with Crippen molar-refractivity contribution >= 4 is 22.8 Å². The fourth-order valence-corrected chi connectivity index (χ4v) is 4.81. The molecule has 0 spiro atoms. The molecule has 1 aliphatic heterocycles. The lowest BCUT2D eigenvalue weighted by Gasteiger charge is -2.32. The number of rotatable bonds is 8. The van der Waals surface area contributed by atoms with Gasteiger partial charge in [-0.15, -0.1) is 0 Å². The first kappa shape index (κ1) is 22.2. The minimum absolute atomic E-state index is 0. The zero-order valence-corrected chi connectivity index (χ0v) is 20.2. The Hall–Kier alpha value is -3.24. The van der Waals surface area contributed by atoms with Gasteiger partial charge in [-0.2, -0.15) is 0 Å². The van der Waals surface area contributed by atoms with E-state index in [-0.39, 0.29) is 20.8 Å². The first-order valence-electron chi connectivity index (χ1n) is 12.3. The van der Waals surface area contributed by atoms with Gasteiger partial charge in [-0.25, -0.2) is 15.0 Å². The van der Waals surface area contributed by atoms with Crippen molar-refractivity contribution in [1.29, 1.82) is 0 Å². The van der Waals surface area contributed by atoms with E-state index < -0.39 is 0 Å². The summed E-state index contributed by atoms with van der Waals surface area (Å²) in [6.07, 6.45) is 6.52. The van der Waals surface area contributed by atoms with E-state index in [1.807, 2.05) is 18.3 Å². The molecular weight excluding hydrogens is 446 g/mol. The summed E-state index contributed by atoms with van der Waals surface area (Å²) in [5.74, 6) is 2.08. The summed E-state index contributed by atoms with van der Waals surface area (Å²) in [5, 5.41) is 3.90. The van der Waals surface area contributed by atoms with Gasteiger partial charge in [0.25, 0.3) is 0 Å². The maximum Gasteiger partial charge on any atom is 0.228 e. The number of hydrogen-bond donors (Lipinski definition) is 2. The SMILES string of the molecule is COc1ncnc(OC2CC2)c1-c1c[nH]c2nc(NC(=O)[C@H]3C[C@@H]3CN3CCN(C)CC3)ccc12.[HH].[HH]. The average Bonchev–Trinajstić information content (AvgIpc) is 3.79. The van der Waals surface area contributed by atoms with Crippen LogP contribution < -0.4 is 14.8 Å². The lowest BCUT2D eigenvalue weighted by molar-refractivity contribution is -0.117. The number of carbonyl (C=O) groups is 1. The molecule has 0 aromatic carbocycles. The molecule has 1 amide bonds. The van der Waals surface area contributed by atoms with Crippen LogP contribution in [-0.2, 0) is 4.79 Å². The third kappa shape index (κ3) is 4.68. The molecule has 1 saturated heterocycles. The Morgan fingerprint density at radius 1 is 1.20 bits per heavy atom. The number of likely N-dealkylation sites (N-methyl/N-ethyl adjacent to an activating group) is 1. The molecule has 0 bridgehead atoms. The molecule has 2 saturated carbocycles. The number of carbonyl (C=O) groups excluding carboxylic acids is 1. The molecule has 2 atom stereocenters. The second kappa shape index (κ2) is 9.09. The second-order valence-electron chi connectivity index (χ2n) is 9.87. The number of nitrogens with one attached hydrogen (secondary N) is 2. The molecular formula is C25H35N7O3. The maximum absolute atomic E-state index is 12.8. The van der Waals surface area contributed by atoms with E-state index in [9.17, 15) is 4.79 Å². The quantitative estimate of drug-likeness (QED) is 0.506. The fraction of sp³-hybridized carbons (Fsp3) is 0.520. The number of aromatic amines is 1. The van der Waals surface area contributed by atoms with E-state index in [1.165, 1.54) is 6.33 Å². The van der Waals surface area contributed by atoms with Crippen molar-refractivity contribution in [2.75, 3.05) is 52.2 Å². The molecule has 3 fully saturated rings. The summed E-state index contributed by atoms with van der Waals surface area (Å²) < 4.78 is 11.5. The molecule has 2 N–H and O–H groups in total. The molecule has 0 radical (unpaired) electrons. The molecule has 10 nitrogen and oxygen atoms in total. The highest BCUT2D eigenvalue weighted by atomic mass is 16.5. The van der Waals surface area contributed by atoms with Crippen molar-refractivity contribution in [3.8, 4) is 22.9 Å². The van der Waals surface area contributed by atoms with Crippen molar-refractivity contribution in [2.24, 2.45) is 11.8 Å². The Labute approximate surface area is 207 Å².